The van der Waals surface area contributed by atoms with Crippen LogP contribution in [0.4, 0.5) is 4.39 Å². The van der Waals surface area contributed by atoms with Crippen LogP contribution in [0.15, 0.2) is 48.5 Å². The Kier molecular flexibility index (Phi) is 6.95. The topological polar surface area (TPSA) is 67.4 Å². The number of halogens is 1. The lowest BCUT2D eigenvalue weighted by Gasteiger charge is -2.09. The summed E-state index contributed by atoms with van der Waals surface area (Å²) < 4.78 is 18.6. The zero-order valence-corrected chi connectivity index (χ0v) is 14.0. The molecule has 2 aromatic carbocycles. The number of ether oxygens (including phenoxy) is 1. The van der Waals surface area contributed by atoms with E-state index in [4.69, 9.17) is 4.74 Å². The summed E-state index contributed by atoms with van der Waals surface area (Å²) >= 11 is 0. The predicted molar refractivity (Wildman–Crippen MR) is 92.8 cm³/mol. The molecule has 0 spiro atoms. The van der Waals surface area contributed by atoms with Gasteiger partial charge in [0.25, 0.3) is 0 Å². The second-order valence-electron chi connectivity index (χ2n) is 5.60. The van der Waals surface area contributed by atoms with Gasteiger partial charge in [-0.2, -0.15) is 0 Å². The van der Waals surface area contributed by atoms with E-state index in [1.807, 2.05) is 31.2 Å². The van der Waals surface area contributed by atoms with Gasteiger partial charge < -0.3 is 15.4 Å². The second-order valence-corrected chi connectivity index (χ2v) is 5.60. The van der Waals surface area contributed by atoms with E-state index in [-0.39, 0.29) is 24.8 Å². The van der Waals surface area contributed by atoms with E-state index in [2.05, 4.69) is 10.6 Å². The van der Waals surface area contributed by atoms with Gasteiger partial charge in [-0.25, -0.2) is 4.39 Å². The van der Waals surface area contributed by atoms with E-state index in [0.717, 1.165) is 11.3 Å². The molecule has 0 aliphatic carbocycles. The molecule has 25 heavy (non-hydrogen) atoms. The first-order valence-corrected chi connectivity index (χ1v) is 8.00. The number of hydrogen-bond acceptors (Lipinski definition) is 3. The number of carbonyl (C=O) groups is 2. The van der Waals surface area contributed by atoms with Crippen molar-refractivity contribution in [3.63, 3.8) is 0 Å². The van der Waals surface area contributed by atoms with Gasteiger partial charge >= 0.3 is 0 Å². The van der Waals surface area contributed by atoms with Crippen molar-refractivity contribution in [3.8, 4) is 5.75 Å². The van der Waals surface area contributed by atoms with E-state index in [0.29, 0.717) is 18.7 Å². The van der Waals surface area contributed by atoms with E-state index in [1.54, 1.807) is 12.1 Å². The summed E-state index contributed by atoms with van der Waals surface area (Å²) in [4.78, 5) is 23.4. The highest BCUT2D eigenvalue weighted by Gasteiger charge is 2.07. The molecule has 0 aromatic heterocycles. The van der Waals surface area contributed by atoms with Crippen molar-refractivity contribution in [2.45, 2.75) is 13.3 Å². The molecule has 0 heterocycles. The third-order valence-corrected chi connectivity index (χ3v) is 3.38. The van der Waals surface area contributed by atoms with Gasteiger partial charge in [0.05, 0.1) is 19.5 Å². The molecule has 0 unspecified atom stereocenters. The van der Waals surface area contributed by atoms with Crippen LogP contribution in [0.25, 0.3) is 0 Å². The van der Waals surface area contributed by atoms with Gasteiger partial charge in [0.2, 0.25) is 11.8 Å². The zero-order valence-electron chi connectivity index (χ0n) is 14.0. The van der Waals surface area contributed by atoms with Crippen LogP contribution in [0, 0.1) is 12.7 Å². The molecule has 2 rings (SSSR count). The fourth-order valence-corrected chi connectivity index (χ4v) is 2.20. The molecule has 2 N–H and O–H groups in total. The largest absolute Gasteiger partial charge is 0.492 e. The maximum Gasteiger partial charge on any atom is 0.239 e. The van der Waals surface area contributed by atoms with Gasteiger partial charge in [-0.3, -0.25) is 9.59 Å². The highest BCUT2D eigenvalue weighted by molar-refractivity contribution is 5.85. The number of benzene rings is 2. The number of hydrogen-bond donors (Lipinski definition) is 2. The summed E-state index contributed by atoms with van der Waals surface area (Å²) in [5, 5.41) is 5.16. The molecule has 0 fully saturated rings. The van der Waals surface area contributed by atoms with Gasteiger partial charge in [0.1, 0.15) is 18.2 Å². The normalized spacial score (nSPS) is 10.2. The fraction of sp³-hybridized carbons (Fsp3) is 0.263. The minimum atomic E-state index is -0.392. The van der Waals surface area contributed by atoms with E-state index in [1.165, 1.54) is 12.1 Å². The Hall–Kier alpha value is -2.89. The Labute approximate surface area is 146 Å². The monoisotopic (exact) mass is 344 g/mol. The highest BCUT2D eigenvalue weighted by Crippen LogP contribution is 2.11. The molecular weight excluding hydrogens is 323 g/mol. The Morgan fingerprint density at radius 3 is 2.60 bits per heavy atom. The molecule has 0 atom stereocenters. The van der Waals surface area contributed by atoms with Gasteiger partial charge in [-0.15, -0.1) is 0 Å². The molecule has 0 saturated carbocycles. The van der Waals surface area contributed by atoms with Gasteiger partial charge in [-0.1, -0.05) is 24.3 Å². The van der Waals surface area contributed by atoms with Gasteiger partial charge in [-0.05, 0) is 42.3 Å². The summed E-state index contributed by atoms with van der Waals surface area (Å²) in [7, 11) is 0. The summed E-state index contributed by atoms with van der Waals surface area (Å²) in [6.45, 7) is 2.53. The standard InChI is InChI=1S/C19H21FN2O3/c1-14-4-2-7-17(10-14)25-9-8-21-19(24)13-22-18(23)12-15-5-3-6-16(20)11-15/h2-7,10-11H,8-9,12-13H2,1H3,(H,21,24)(H,22,23). The number of rotatable bonds is 8. The molecule has 2 aromatic rings. The van der Waals surface area contributed by atoms with E-state index >= 15 is 0 Å². The van der Waals surface area contributed by atoms with Crippen molar-refractivity contribution in [2.24, 2.45) is 0 Å². The molecule has 2 amide bonds. The van der Waals surface area contributed by atoms with Crippen LogP contribution in [0.5, 0.6) is 5.75 Å². The minimum Gasteiger partial charge on any atom is -0.492 e. The van der Waals surface area contributed by atoms with Crippen LogP contribution in [0.1, 0.15) is 11.1 Å². The summed E-state index contributed by atoms with van der Waals surface area (Å²) in [6, 6.07) is 13.4. The third kappa shape index (κ3) is 7.03. The Bertz CT molecular complexity index is 734. The minimum absolute atomic E-state index is 0.0293. The lowest BCUT2D eigenvalue weighted by Crippen LogP contribution is -2.39. The predicted octanol–water partition coefficient (Wildman–Crippen LogP) is 1.99. The SMILES string of the molecule is Cc1cccc(OCCNC(=O)CNC(=O)Cc2cccc(F)c2)c1. The van der Waals surface area contributed by atoms with Crippen molar-refractivity contribution < 1.29 is 18.7 Å². The number of aryl methyl sites for hydroxylation is 1. The average Bonchev–Trinajstić information content (AvgIpc) is 2.57. The van der Waals surface area contributed by atoms with Crippen LogP contribution in [0.2, 0.25) is 0 Å². The Balaban J connectivity index is 1.61. The van der Waals surface area contributed by atoms with Crippen molar-refractivity contribution in [2.75, 3.05) is 19.7 Å². The van der Waals surface area contributed by atoms with Crippen LogP contribution in [-0.2, 0) is 16.0 Å². The first kappa shape index (κ1) is 18.4. The lowest BCUT2D eigenvalue weighted by molar-refractivity contribution is -0.125. The van der Waals surface area contributed by atoms with Crippen molar-refractivity contribution in [3.05, 3.63) is 65.5 Å². The molecule has 0 aliphatic heterocycles. The summed E-state index contributed by atoms with van der Waals surface area (Å²) in [6.07, 6.45) is 0.0293. The van der Waals surface area contributed by atoms with Crippen molar-refractivity contribution in [1.82, 2.24) is 10.6 Å². The molecular formula is C19H21FN2O3. The number of carbonyl (C=O) groups excluding carboxylic acids is 2. The quantitative estimate of drug-likeness (QED) is 0.720. The molecule has 0 bridgehead atoms. The molecule has 132 valence electrons. The van der Waals surface area contributed by atoms with Gasteiger partial charge in [0, 0.05) is 0 Å². The first-order valence-electron chi connectivity index (χ1n) is 8.00. The summed E-state index contributed by atoms with van der Waals surface area (Å²) in [5.74, 6) is -0.286. The molecule has 0 radical (unpaired) electrons. The highest BCUT2D eigenvalue weighted by atomic mass is 19.1. The van der Waals surface area contributed by atoms with Crippen molar-refractivity contribution in [1.29, 1.82) is 0 Å². The first-order chi connectivity index (χ1) is 12.0. The number of amides is 2. The Morgan fingerprint density at radius 2 is 1.84 bits per heavy atom. The Morgan fingerprint density at radius 1 is 1.04 bits per heavy atom. The van der Waals surface area contributed by atoms with Crippen LogP contribution < -0.4 is 15.4 Å². The molecule has 5 nitrogen and oxygen atoms in total. The number of nitrogens with one attached hydrogen (secondary N) is 2. The lowest BCUT2D eigenvalue weighted by atomic mass is 10.1. The summed E-state index contributed by atoms with van der Waals surface area (Å²) in [5.41, 5.74) is 1.66. The smallest absolute Gasteiger partial charge is 0.239 e. The van der Waals surface area contributed by atoms with E-state index in [9.17, 15) is 14.0 Å². The van der Waals surface area contributed by atoms with Crippen LogP contribution in [0.3, 0.4) is 0 Å². The fourth-order valence-electron chi connectivity index (χ4n) is 2.20. The van der Waals surface area contributed by atoms with Gasteiger partial charge in [0.15, 0.2) is 0 Å². The zero-order chi connectivity index (χ0) is 18.1. The third-order valence-electron chi connectivity index (χ3n) is 3.38. The van der Waals surface area contributed by atoms with Crippen LogP contribution in [-0.4, -0.2) is 31.5 Å². The molecule has 6 heteroatoms. The van der Waals surface area contributed by atoms with E-state index < -0.39 is 5.82 Å². The molecule has 0 saturated heterocycles. The molecule has 0 aliphatic rings. The van der Waals surface area contributed by atoms with Crippen LogP contribution >= 0.6 is 0 Å². The maximum atomic E-state index is 13.0. The average molecular weight is 344 g/mol. The van der Waals surface area contributed by atoms with Crippen molar-refractivity contribution >= 4 is 11.8 Å². The maximum absolute atomic E-state index is 13.0. The second kappa shape index (κ2) is 9.42.